The van der Waals surface area contributed by atoms with Crippen LogP contribution in [0.5, 0.6) is 0 Å². The summed E-state index contributed by atoms with van der Waals surface area (Å²) in [7, 11) is 0. The van der Waals surface area contributed by atoms with Crippen LogP contribution in [-0.4, -0.2) is 47.0 Å². The quantitative estimate of drug-likeness (QED) is 0.638. The zero-order valence-electron chi connectivity index (χ0n) is 16.9. The summed E-state index contributed by atoms with van der Waals surface area (Å²) in [5.41, 5.74) is 2.30. The lowest BCUT2D eigenvalue weighted by Crippen LogP contribution is -2.49. The Morgan fingerprint density at radius 2 is 1.72 bits per heavy atom. The summed E-state index contributed by atoms with van der Waals surface area (Å²) in [6.07, 6.45) is -8.16. The van der Waals surface area contributed by atoms with Crippen LogP contribution in [0.15, 0.2) is 18.2 Å². The largest absolute Gasteiger partial charge is 0.417 e. The van der Waals surface area contributed by atoms with Gasteiger partial charge in [-0.3, -0.25) is 9.59 Å². The molecule has 3 rings (SSSR count). The average Bonchev–Trinajstić information content (AvgIpc) is 3.26. The van der Waals surface area contributed by atoms with Crippen LogP contribution in [0.3, 0.4) is 0 Å². The molecule has 0 spiro atoms. The second kappa shape index (κ2) is 9.50. The van der Waals surface area contributed by atoms with Crippen LogP contribution in [0.1, 0.15) is 47.2 Å². The molecule has 3 N–H and O–H groups in total. The summed E-state index contributed by atoms with van der Waals surface area (Å²) >= 11 is 1.64. The van der Waals surface area contributed by atoms with E-state index in [2.05, 4.69) is 5.32 Å². The maximum absolute atomic E-state index is 13.2. The maximum Gasteiger partial charge on any atom is 0.417 e. The average molecular weight is 483 g/mol. The van der Waals surface area contributed by atoms with E-state index < -0.39 is 47.0 Å². The van der Waals surface area contributed by atoms with Crippen LogP contribution in [0.2, 0.25) is 0 Å². The van der Waals surface area contributed by atoms with E-state index in [4.69, 9.17) is 5.73 Å². The lowest BCUT2D eigenvalue weighted by molar-refractivity contribution is -0.141. The first-order valence-electron chi connectivity index (χ1n) is 10.1. The molecule has 0 aromatic heterocycles. The highest BCUT2D eigenvalue weighted by atomic mass is 32.2. The Hall–Kier alpha value is -1.95. The smallest absolute Gasteiger partial charge is 0.349 e. The molecule has 1 heterocycles. The van der Waals surface area contributed by atoms with Gasteiger partial charge in [0.25, 0.3) is 5.91 Å². The predicted octanol–water partition coefficient (Wildman–Crippen LogP) is 3.87. The van der Waals surface area contributed by atoms with Gasteiger partial charge in [-0.05, 0) is 49.8 Å². The molecule has 1 aliphatic carbocycles. The molecule has 32 heavy (non-hydrogen) atoms. The van der Waals surface area contributed by atoms with Crippen molar-refractivity contribution in [3.05, 3.63) is 34.9 Å². The molecule has 1 atom stereocenters. The molecule has 5 nitrogen and oxygen atoms in total. The van der Waals surface area contributed by atoms with Gasteiger partial charge in [-0.1, -0.05) is 0 Å². The van der Waals surface area contributed by atoms with Gasteiger partial charge in [-0.15, -0.1) is 11.8 Å². The normalized spacial score (nSPS) is 23.2. The fourth-order valence-corrected chi connectivity index (χ4v) is 5.00. The van der Waals surface area contributed by atoms with Crippen LogP contribution in [0, 0.1) is 5.92 Å². The molecule has 12 heteroatoms. The molecule has 1 aliphatic heterocycles. The predicted molar refractivity (Wildman–Crippen MR) is 107 cm³/mol. The van der Waals surface area contributed by atoms with E-state index in [1.54, 1.807) is 16.7 Å². The van der Waals surface area contributed by atoms with E-state index >= 15 is 0 Å². The van der Waals surface area contributed by atoms with Crippen molar-refractivity contribution < 1.29 is 35.9 Å². The zero-order valence-corrected chi connectivity index (χ0v) is 17.7. The Bertz CT molecular complexity index is 847. The van der Waals surface area contributed by atoms with Crippen molar-refractivity contribution in [2.45, 2.75) is 50.1 Å². The van der Waals surface area contributed by atoms with Crippen LogP contribution >= 0.6 is 11.8 Å². The van der Waals surface area contributed by atoms with Gasteiger partial charge in [0.05, 0.1) is 28.6 Å². The van der Waals surface area contributed by atoms with Gasteiger partial charge in [0.15, 0.2) is 0 Å². The number of nitrogens with one attached hydrogen (secondary N) is 1. The Balaban J connectivity index is 1.65. The minimum absolute atomic E-state index is 0.124. The van der Waals surface area contributed by atoms with Crippen molar-refractivity contribution in [1.29, 1.82) is 0 Å². The highest BCUT2D eigenvalue weighted by Gasteiger charge is 2.39. The Morgan fingerprint density at radius 1 is 1.06 bits per heavy atom. The maximum atomic E-state index is 13.2. The molecule has 1 aromatic carbocycles. The van der Waals surface area contributed by atoms with E-state index in [1.807, 2.05) is 0 Å². The highest BCUT2D eigenvalue weighted by molar-refractivity contribution is 7.99. The van der Waals surface area contributed by atoms with Crippen molar-refractivity contribution in [2.75, 3.05) is 18.2 Å². The number of nitrogens with two attached hydrogens (primary N) is 1. The highest BCUT2D eigenvalue weighted by Crippen LogP contribution is 2.37. The number of benzene rings is 1. The number of thioether (sulfide) groups is 1. The number of hydrogen-bond acceptors (Lipinski definition) is 4. The number of carbonyl (C=O) groups excluding carboxylic acids is 2. The third-order valence-corrected chi connectivity index (χ3v) is 6.83. The van der Waals surface area contributed by atoms with Gasteiger partial charge in [-0.25, -0.2) is 0 Å². The second-order valence-electron chi connectivity index (χ2n) is 8.01. The molecule has 2 amide bonds. The number of rotatable bonds is 4. The second-order valence-corrected chi connectivity index (χ2v) is 9.08. The van der Waals surface area contributed by atoms with Gasteiger partial charge < -0.3 is 16.0 Å². The minimum Gasteiger partial charge on any atom is -0.349 e. The topological polar surface area (TPSA) is 75.4 Å². The third kappa shape index (κ3) is 5.69. The molecule has 2 aliphatic rings. The van der Waals surface area contributed by atoms with Crippen LogP contribution in [0.25, 0.3) is 0 Å². The molecule has 1 aromatic rings. The molecule has 2 fully saturated rings. The number of hydrogen-bond donors (Lipinski definition) is 2. The molecule has 178 valence electrons. The molecule has 1 unspecified atom stereocenters. The molecular formula is C20H23F6N3O2S. The first-order chi connectivity index (χ1) is 14.9. The van der Waals surface area contributed by atoms with Gasteiger partial charge in [0, 0.05) is 18.3 Å². The van der Waals surface area contributed by atoms with E-state index in [9.17, 15) is 35.9 Å². The monoisotopic (exact) mass is 483 g/mol. The van der Waals surface area contributed by atoms with Gasteiger partial charge in [0.1, 0.15) is 0 Å². The van der Waals surface area contributed by atoms with E-state index in [0.29, 0.717) is 44.2 Å². The number of carbonyl (C=O) groups is 2. The van der Waals surface area contributed by atoms with Crippen molar-refractivity contribution in [2.24, 2.45) is 11.7 Å². The standard InChI is InChI=1S/C20H23F6N3O2S/c21-19(22,23)12-3-6-15(20(24,25)26)14(9-12)17(30)28-13-4-1-11(2-5-13)16(27)18(31)29-7-8-32-10-29/h3,6,9,11,13,16H,1-2,4-5,7-8,10,27H2,(H,28,30). The number of alkyl halides is 6. The minimum atomic E-state index is -4.98. The summed E-state index contributed by atoms with van der Waals surface area (Å²) in [5.74, 6) is -0.0217. The third-order valence-electron chi connectivity index (χ3n) is 5.86. The van der Waals surface area contributed by atoms with Gasteiger partial charge in [-0.2, -0.15) is 26.3 Å². The molecule has 1 saturated heterocycles. The Kier molecular flexibility index (Phi) is 7.33. The first kappa shape index (κ1) is 24.7. The summed E-state index contributed by atoms with van der Waals surface area (Å²) in [6, 6.07) is -0.394. The Morgan fingerprint density at radius 3 is 2.25 bits per heavy atom. The van der Waals surface area contributed by atoms with Crippen molar-refractivity contribution in [3.63, 3.8) is 0 Å². The van der Waals surface area contributed by atoms with Crippen LogP contribution < -0.4 is 11.1 Å². The van der Waals surface area contributed by atoms with E-state index in [-0.39, 0.29) is 24.0 Å². The molecule has 0 radical (unpaired) electrons. The van der Waals surface area contributed by atoms with Crippen molar-refractivity contribution in [1.82, 2.24) is 10.2 Å². The fourth-order valence-electron chi connectivity index (χ4n) is 4.04. The number of nitrogens with zero attached hydrogens (tertiary/aromatic N) is 1. The molecular weight excluding hydrogens is 460 g/mol. The van der Waals surface area contributed by atoms with Crippen LogP contribution in [0.4, 0.5) is 26.3 Å². The summed E-state index contributed by atoms with van der Waals surface area (Å²) in [4.78, 5) is 26.6. The number of amides is 2. The number of halogens is 6. The zero-order chi connectivity index (χ0) is 23.7. The lowest BCUT2D eigenvalue weighted by Gasteiger charge is -2.33. The van der Waals surface area contributed by atoms with Gasteiger partial charge in [0.2, 0.25) is 5.91 Å². The summed E-state index contributed by atoms with van der Waals surface area (Å²) < 4.78 is 78.6. The van der Waals surface area contributed by atoms with Crippen molar-refractivity contribution >= 4 is 23.6 Å². The van der Waals surface area contributed by atoms with E-state index in [1.165, 1.54) is 0 Å². The van der Waals surface area contributed by atoms with Crippen LogP contribution in [-0.2, 0) is 17.1 Å². The summed E-state index contributed by atoms with van der Waals surface area (Å²) in [6.45, 7) is 0.640. The van der Waals surface area contributed by atoms with Gasteiger partial charge >= 0.3 is 12.4 Å². The van der Waals surface area contributed by atoms with E-state index in [0.717, 1.165) is 5.75 Å². The Labute approximate surface area is 185 Å². The lowest BCUT2D eigenvalue weighted by atomic mass is 9.81. The SMILES string of the molecule is NC(C(=O)N1CCSC1)C1CCC(NC(=O)c2cc(C(F)(F)F)ccc2C(F)(F)F)CC1. The van der Waals surface area contributed by atoms with Crippen molar-refractivity contribution in [3.8, 4) is 0 Å². The first-order valence-corrected chi connectivity index (χ1v) is 11.2. The fraction of sp³-hybridized carbons (Fsp3) is 0.600. The molecule has 0 bridgehead atoms. The molecule has 1 saturated carbocycles. The summed E-state index contributed by atoms with van der Waals surface area (Å²) in [5, 5.41) is 2.42.